The molecule has 1 aliphatic carbocycles. The van der Waals surface area contributed by atoms with Crippen LogP contribution in [-0.2, 0) is 4.79 Å². The molecule has 1 fully saturated rings. The van der Waals surface area contributed by atoms with Crippen molar-refractivity contribution >= 4 is 24.1 Å². The molecule has 0 unspecified atom stereocenters. The van der Waals surface area contributed by atoms with Gasteiger partial charge in [0.15, 0.2) is 5.82 Å². The maximum atomic E-state index is 12.2. The third kappa shape index (κ3) is 3.25. The van der Waals surface area contributed by atoms with Crippen molar-refractivity contribution in [2.75, 3.05) is 5.32 Å². The number of amides is 1. The molecule has 1 aromatic heterocycles. The summed E-state index contributed by atoms with van der Waals surface area (Å²) in [6, 6.07) is 11.5. The Morgan fingerprint density at radius 2 is 1.86 bits per heavy atom. The standard InChI is InChI=1S/C15H18N4O.ClH/c16-15(9-4-5-10-15)14(20)17-13-8-11-19(18-13)12-6-2-1-3-7-12;/h1-3,6-8,11H,4-5,9-10,16H2,(H,17,18,20);1H. The number of para-hydroxylation sites is 1. The highest BCUT2D eigenvalue weighted by atomic mass is 35.5. The number of benzene rings is 1. The van der Waals surface area contributed by atoms with Crippen LogP contribution in [0.2, 0.25) is 0 Å². The van der Waals surface area contributed by atoms with Gasteiger partial charge in [-0.2, -0.15) is 5.10 Å². The number of carbonyl (C=O) groups is 1. The summed E-state index contributed by atoms with van der Waals surface area (Å²) in [4.78, 5) is 12.2. The number of rotatable bonds is 3. The molecule has 1 amide bonds. The minimum absolute atomic E-state index is 0. The number of nitrogens with two attached hydrogens (primary N) is 1. The molecule has 3 N–H and O–H groups in total. The van der Waals surface area contributed by atoms with E-state index in [1.807, 2.05) is 36.5 Å². The van der Waals surface area contributed by atoms with Gasteiger partial charge in [0.05, 0.1) is 11.2 Å². The Kier molecular flexibility index (Phi) is 4.65. The van der Waals surface area contributed by atoms with Crippen molar-refractivity contribution in [2.24, 2.45) is 5.73 Å². The Labute approximate surface area is 129 Å². The van der Waals surface area contributed by atoms with Gasteiger partial charge in [0.1, 0.15) is 0 Å². The number of anilines is 1. The number of nitrogens with one attached hydrogen (secondary N) is 1. The number of hydrogen-bond donors (Lipinski definition) is 2. The van der Waals surface area contributed by atoms with E-state index in [0.717, 1.165) is 31.4 Å². The maximum Gasteiger partial charge on any atom is 0.245 e. The first-order chi connectivity index (χ1) is 9.67. The molecule has 21 heavy (non-hydrogen) atoms. The van der Waals surface area contributed by atoms with Gasteiger partial charge in [0.25, 0.3) is 0 Å². The summed E-state index contributed by atoms with van der Waals surface area (Å²) in [5.41, 5.74) is 6.35. The lowest BCUT2D eigenvalue weighted by Crippen LogP contribution is -2.48. The van der Waals surface area contributed by atoms with Crippen molar-refractivity contribution in [1.29, 1.82) is 0 Å². The molecule has 0 bridgehead atoms. The van der Waals surface area contributed by atoms with Gasteiger partial charge in [-0.25, -0.2) is 4.68 Å². The fourth-order valence-corrected chi connectivity index (χ4v) is 2.59. The first-order valence-electron chi connectivity index (χ1n) is 6.89. The molecule has 1 aliphatic rings. The quantitative estimate of drug-likeness (QED) is 0.915. The SMILES string of the molecule is Cl.NC1(C(=O)Nc2ccn(-c3ccccc3)n2)CCCC1. The minimum atomic E-state index is -0.726. The summed E-state index contributed by atoms with van der Waals surface area (Å²) < 4.78 is 1.73. The maximum absolute atomic E-state index is 12.2. The van der Waals surface area contributed by atoms with Gasteiger partial charge in [-0.15, -0.1) is 12.4 Å². The van der Waals surface area contributed by atoms with E-state index < -0.39 is 5.54 Å². The van der Waals surface area contributed by atoms with E-state index in [1.54, 1.807) is 10.7 Å². The van der Waals surface area contributed by atoms with Gasteiger partial charge < -0.3 is 11.1 Å². The summed E-state index contributed by atoms with van der Waals surface area (Å²) >= 11 is 0. The molecule has 1 aromatic carbocycles. The van der Waals surface area contributed by atoms with Crippen molar-refractivity contribution in [1.82, 2.24) is 9.78 Å². The van der Waals surface area contributed by atoms with Crippen molar-refractivity contribution < 1.29 is 4.79 Å². The fraction of sp³-hybridized carbons (Fsp3) is 0.333. The van der Waals surface area contributed by atoms with Crippen LogP contribution in [0.1, 0.15) is 25.7 Å². The second-order valence-electron chi connectivity index (χ2n) is 5.30. The number of hydrogen-bond acceptors (Lipinski definition) is 3. The lowest BCUT2D eigenvalue weighted by molar-refractivity contribution is -0.121. The third-order valence-electron chi connectivity index (χ3n) is 3.80. The van der Waals surface area contributed by atoms with Gasteiger partial charge in [-0.05, 0) is 25.0 Å². The van der Waals surface area contributed by atoms with Crippen LogP contribution < -0.4 is 11.1 Å². The second kappa shape index (κ2) is 6.28. The third-order valence-corrected chi connectivity index (χ3v) is 3.80. The zero-order chi connectivity index (χ0) is 14.0. The first-order valence-corrected chi connectivity index (χ1v) is 6.89. The van der Waals surface area contributed by atoms with Gasteiger partial charge >= 0.3 is 0 Å². The van der Waals surface area contributed by atoms with E-state index in [2.05, 4.69) is 10.4 Å². The van der Waals surface area contributed by atoms with E-state index in [-0.39, 0.29) is 18.3 Å². The molecule has 6 heteroatoms. The highest BCUT2D eigenvalue weighted by Crippen LogP contribution is 2.28. The average molecular weight is 307 g/mol. The molecule has 0 radical (unpaired) electrons. The molecule has 1 heterocycles. The molecular formula is C15H19ClN4O. The molecule has 0 aliphatic heterocycles. The topological polar surface area (TPSA) is 72.9 Å². The predicted molar refractivity (Wildman–Crippen MR) is 84.8 cm³/mol. The van der Waals surface area contributed by atoms with E-state index >= 15 is 0 Å². The van der Waals surface area contributed by atoms with Crippen LogP contribution >= 0.6 is 12.4 Å². The summed E-state index contributed by atoms with van der Waals surface area (Å²) in [7, 11) is 0. The van der Waals surface area contributed by atoms with Gasteiger partial charge in [0, 0.05) is 12.3 Å². The fourth-order valence-electron chi connectivity index (χ4n) is 2.59. The normalized spacial score (nSPS) is 16.2. The van der Waals surface area contributed by atoms with E-state index in [1.165, 1.54) is 0 Å². The minimum Gasteiger partial charge on any atom is -0.317 e. The second-order valence-corrected chi connectivity index (χ2v) is 5.30. The Morgan fingerprint density at radius 3 is 2.52 bits per heavy atom. The smallest absolute Gasteiger partial charge is 0.245 e. The largest absolute Gasteiger partial charge is 0.317 e. The molecule has 3 rings (SSSR count). The lowest BCUT2D eigenvalue weighted by Gasteiger charge is -2.21. The lowest BCUT2D eigenvalue weighted by atomic mass is 9.98. The average Bonchev–Trinajstić information content (AvgIpc) is 3.10. The Hall–Kier alpha value is -1.85. The zero-order valence-electron chi connectivity index (χ0n) is 11.7. The molecule has 0 spiro atoms. The van der Waals surface area contributed by atoms with Crippen molar-refractivity contribution in [3.8, 4) is 5.69 Å². The van der Waals surface area contributed by atoms with E-state index in [9.17, 15) is 4.79 Å². The van der Waals surface area contributed by atoms with Gasteiger partial charge in [0.2, 0.25) is 5.91 Å². The molecule has 0 saturated heterocycles. The summed E-state index contributed by atoms with van der Waals surface area (Å²) in [6.45, 7) is 0. The van der Waals surface area contributed by atoms with Gasteiger partial charge in [-0.1, -0.05) is 31.0 Å². The zero-order valence-corrected chi connectivity index (χ0v) is 12.5. The molecule has 2 aromatic rings. The number of halogens is 1. The monoisotopic (exact) mass is 306 g/mol. The Bertz CT molecular complexity index is 605. The molecule has 5 nitrogen and oxygen atoms in total. The summed E-state index contributed by atoms with van der Waals surface area (Å²) in [5, 5.41) is 7.17. The van der Waals surface area contributed by atoms with Crippen LogP contribution in [0, 0.1) is 0 Å². The number of aromatic nitrogens is 2. The predicted octanol–water partition coefficient (Wildman–Crippen LogP) is 2.50. The van der Waals surface area contributed by atoms with E-state index in [0.29, 0.717) is 5.82 Å². The Morgan fingerprint density at radius 1 is 1.19 bits per heavy atom. The van der Waals surface area contributed by atoms with Crippen LogP contribution in [-0.4, -0.2) is 21.2 Å². The Balaban J connectivity index is 0.00000161. The van der Waals surface area contributed by atoms with Crippen molar-refractivity contribution in [2.45, 2.75) is 31.2 Å². The van der Waals surface area contributed by atoms with Crippen LogP contribution in [0.4, 0.5) is 5.82 Å². The molecule has 1 saturated carbocycles. The molecule has 112 valence electrons. The van der Waals surface area contributed by atoms with Crippen LogP contribution in [0.15, 0.2) is 42.6 Å². The van der Waals surface area contributed by atoms with E-state index in [4.69, 9.17) is 5.73 Å². The number of nitrogens with zero attached hydrogens (tertiary/aromatic N) is 2. The molecular weight excluding hydrogens is 288 g/mol. The summed E-state index contributed by atoms with van der Waals surface area (Å²) in [6.07, 6.45) is 5.35. The van der Waals surface area contributed by atoms with Crippen molar-refractivity contribution in [3.05, 3.63) is 42.6 Å². The highest BCUT2D eigenvalue weighted by Gasteiger charge is 2.37. The first kappa shape index (κ1) is 15.5. The van der Waals surface area contributed by atoms with Crippen LogP contribution in [0.25, 0.3) is 5.69 Å². The highest BCUT2D eigenvalue weighted by molar-refractivity contribution is 5.97. The van der Waals surface area contributed by atoms with Gasteiger partial charge in [-0.3, -0.25) is 4.79 Å². The van der Waals surface area contributed by atoms with Crippen LogP contribution in [0.5, 0.6) is 0 Å². The molecule has 0 atom stereocenters. The number of carbonyl (C=O) groups excluding carboxylic acids is 1. The summed E-state index contributed by atoms with van der Waals surface area (Å²) in [5.74, 6) is 0.406. The van der Waals surface area contributed by atoms with Crippen LogP contribution in [0.3, 0.4) is 0 Å². The van der Waals surface area contributed by atoms with Crippen molar-refractivity contribution in [3.63, 3.8) is 0 Å².